The summed E-state index contributed by atoms with van der Waals surface area (Å²) in [6, 6.07) is 7.79. The van der Waals surface area contributed by atoms with Gasteiger partial charge in [-0.1, -0.05) is 24.3 Å². The normalized spacial score (nSPS) is 26.3. The summed E-state index contributed by atoms with van der Waals surface area (Å²) in [7, 11) is -6.70. The highest BCUT2D eigenvalue weighted by Gasteiger charge is 2.41. The van der Waals surface area contributed by atoms with Crippen molar-refractivity contribution in [2.75, 3.05) is 18.1 Å². The average Bonchev–Trinajstić information content (AvgIpc) is 2.79. The molecule has 5 nitrogen and oxygen atoms in total. The highest BCUT2D eigenvalue weighted by molar-refractivity contribution is 7.95. The van der Waals surface area contributed by atoms with E-state index in [9.17, 15) is 16.8 Å². The van der Waals surface area contributed by atoms with Crippen molar-refractivity contribution < 1.29 is 16.8 Å². The van der Waals surface area contributed by atoms with Crippen LogP contribution in [0.2, 0.25) is 0 Å². The van der Waals surface area contributed by atoms with Crippen LogP contribution in [0.4, 0.5) is 0 Å². The standard InChI is InChI=1S/C13H17NO4S2/c15-19(16)8-6-13(10-19)20(17,18)14-7-5-11-3-1-2-4-12(11)9-14/h1-4,13H,5-10H2. The van der Waals surface area contributed by atoms with Crippen molar-refractivity contribution in [2.45, 2.75) is 24.6 Å². The van der Waals surface area contributed by atoms with Crippen molar-refractivity contribution in [3.8, 4) is 0 Å². The molecule has 0 aromatic heterocycles. The van der Waals surface area contributed by atoms with Crippen molar-refractivity contribution in [1.82, 2.24) is 4.31 Å². The zero-order chi connectivity index (χ0) is 14.4. The molecule has 1 atom stereocenters. The Bertz CT molecular complexity index is 724. The minimum absolute atomic E-state index is 0.0126. The van der Waals surface area contributed by atoms with Gasteiger partial charge in [-0.25, -0.2) is 16.8 Å². The SMILES string of the molecule is O=S1(=O)CCC(S(=O)(=O)N2CCc3ccccc3C2)C1. The summed E-state index contributed by atoms with van der Waals surface area (Å²) in [5.41, 5.74) is 2.20. The molecule has 110 valence electrons. The van der Waals surface area contributed by atoms with Gasteiger partial charge in [0.05, 0.1) is 16.8 Å². The van der Waals surface area contributed by atoms with E-state index in [-0.39, 0.29) is 17.9 Å². The number of hydrogen-bond acceptors (Lipinski definition) is 4. The van der Waals surface area contributed by atoms with E-state index in [2.05, 4.69) is 0 Å². The molecular formula is C13H17NO4S2. The van der Waals surface area contributed by atoms with Gasteiger partial charge in [0.1, 0.15) is 0 Å². The first kappa shape index (κ1) is 14.0. The summed E-state index contributed by atoms with van der Waals surface area (Å²) >= 11 is 0. The number of hydrogen-bond donors (Lipinski definition) is 0. The van der Waals surface area contributed by atoms with Crippen LogP contribution in [0.25, 0.3) is 0 Å². The quantitative estimate of drug-likeness (QED) is 0.799. The van der Waals surface area contributed by atoms with Gasteiger partial charge in [0.25, 0.3) is 0 Å². The lowest BCUT2D eigenvalue weighted by Gasteiger charge is -2.30. The van der Waals surface area contributed by atoms with Gasteiger partial charge in [-0.15, -0.1) is 0 Å². The number of sulfonamides is 1. The van der Waals surface area contributed by atoms with Crippen molar-refractivity contribution in [3.05, 3.63) is 35.4 Å². The number of fused-ring (bicyclic) bond motifs is 1. The highest BCUT2D eigenvalue weighted by Crippen LogP contribution is 2.27. The van der Waals surface area contributed by atoms with Gasteiger partial charge in [-0.05, 0) is 24.0 Å². The predicted molar refractivity (Wildman–Crippen MR) is 76.5 cm³/mol. The molecule has 2 aliphatic heterocycles. The van der Waals surface area contributed by atoms with Gasteiger partial charge >= 0.3 is 0 Å². The summed E-state index contributed by atoms with van der Waals surface area (Å²) in [6.07, 6.45) is 0.914. The maximum Gasteiger partial charge on any atom is 0.218 e. The highest BCUT2D eigenvalue weighted by atomic mass is 32.2. The minimum atomic E-state index is -3.52. The van der Waals surface area contributed by atoms with Gasteiger partial charge in [-0.2, -0.15) is 4.31 Å². The monoisotopic (exact) mass is 315 g/mol. The van der Waals surface area contributed by atoms with E-state index >= 15 is 0 Å². The number of nitrogens with zero attached hydrogens (tertiary/aromatic N) is 1. The topological polar surface area (TPSA) is 71.5 Å². The van der Waals surface area contributed by atoms with Crippen LogP contribution in [-0.4, -0.2) is 44.4 Å². The third kappa shape index (κ3) is 2.49. The van der Waals surface area contributed by atoms with Gasteiger partial charge in [-0.3, -0.25) is 0 Å². The molecule has 20 heavy (non-hydrogen) atoms. The van der Waals surface area contributed by atoms with E-state index in [0.29, 0.717) is 19.5 Å². The van der Waals surface area contributed by atoms with Gasteiger partial charge in [0.15, 0.2) is 9.84 Å². The zero-order valence-corrected chi connectivity index (χ0v) is 12.7. The molecule has 1 aromatic rings. The number of sulfone groups is 1. The fourth-order valence-corrected chi connectivity index (χ4v) is 7.40. The van der Waals surface area contributed by atoms with Crippen molar-refractivity contribution in [2.24, 2.45) is 0 Å². The Kier molecular flexibility index (Phi) is 3.38. The fourth-order valence-electron chi connectivity index (χ4n) is 2.89. The maximum atomic E-state index is 12.5. The largest absolute Gasteiger partial charge is 0.229 e. The van der Waals surface area contributed by atoms with Crippen molar-refractivity contribution in [3.63, 3.8) is 0 Å². The third-order valence-corrected chi connectivity index (χ3v) is 8.32. The molecule has 0 spiro atoms. The Morgan fingerprint density at radius 2 is 1.85 bits per heavy atom. The lowest BCUT2D eigenvalue weighted by Crippen LogP contribution is -2.42. The molecule has 0 N–H and O–H groups in total. The first-order chi connectivity index (χ1) is 9.38. The summed E-state index contributed by atoms with van der Waals surface area (Å²) in [5.74, 6) is -0.241. The molecule has 1 saturated heterocycles. The van der Waals surface area contributed by atoms with E-state index in [4.69, 9.17) is 0 Å². The van der Waals surface area contributed by atoms with Crippen LogP contribution in [0.15, 0.2) is 24.3 Å². The van der Waals surface area contributed by atoms with E-state index < -0.39 is 25.1 Å². The average molecular weight is 315 g/mol. The maximum absolute atomic E-state index is 12.5. The number of rotatable bonds is 2. The molecule has 1 aromatic carbocycles. The second-order valence-corrected chi connectivity index (χ2v) is 9.86. The summed E-state index contributed by atoms with van der Waals surface area (Å²) < 4.78 is 49.5. The summed E-state index contributed by atoms with van der Waals surface area (Å²) in [6.45, 7) is 0.797. The van der Waals surface area contributed by atoms with E-state index in [0.717, 1.165) is 5.56 Å². The van der Waals surface area contributed by atoms with Gasteiger partial charge in [0, 0.05) is 13.1 Å². The van der Waals surface area contributed by atoms with Crippen LogP contribution >= 0.6 is 0 Å². The van der Waals surface area contributed by atoms with Crippen LogP contribution < -0.4 is 0 Å². The van der Waals surface area contributed by atoms with Crippen LogP contribution in [0.1, 0.15) is 17.5 Å². The Labute approximate surface area is 119 Å². The second kappa shape index (κ2) is 4.82. The summed E-state index contributed by atoms with van der Waals surface area (Å²) in [5, 5.41) is -0.766. The molecule has 1 unspecified atom stereocenters. The van der Waals surface area contributed by atoms with Crippen LogP contribution in [-0.2, 0) is 32.8 Å². The van der Waals surface area contributed by atoms with E-state index in [1.165, 1.54) is 9.87 Å². The molecule has 0 radical (unpaired) electrons. The van der Waals surface area contributed by atoms with Crippen LogP contribution in [0.3, 0.4) is 0 Å². The molecule has 7 heteroatoms. The smallest absolute Gasteiger partial charge is 0.218 e. The van der Waals surface area contributed by atoms with E-state index in [1.54, 1.807) is 0 Å². The molecule has 3 rings (SSSR count). The second-order valence-electron chi connectivity index (χ2n) is 5.42. The lowest BCUT2D eigenvalue weighted by atomic mass is 10.0. The van der Waals surface area contributed by atoms with Gasteiger partial charge in [0.2, 0.25) is 10.0 Å². The molecule has 2 aliphatic rings. The molecule has 0 amide bonds. The molecule has 2 heterocycles. The predicted octanol–water partition coefficient (Wildman–Crippen LogP) is 0.562. The van der Waals surface area contributed by atoms with Crippen LogP contribution in [0, 0.1) is 0 Å². The Balaban J connectivity index is 1.84. The first-order valence-corrected chi connectivity index (χ1v) is 9.97. The van der Waals surface area contributed by atoms with Crippen molar-refractivity contribution in [1.29, 1.82) is 0 Å². The molecule has 0 aliphatic carbocycles. The summed E-state index contributed by atoms with van der Waals surface area (Å²) in [4.78, 5) is 0. The third-order valence-electron chi connectivity index (χ3n) is 4.07. The van der Waals surface area contributed by atoms with E-state index in [1.807, 2.05) is 24.3 Å². The molecule has 1 fully saturated rings. The first-order valence-electron chi connectivity index (χ1n) is 6.65. The Morgan fingerprint density at radius 1 is 1.15 bits per heavy atom. The Morgan fingerprint density at radius 3 is 2.50 bits per heavy atom. The molecular weight excluding hydrogens is 298 g/mol. The van der Waals surface area contributed by atoms with Gasteiger partial charge < -0.3 is 0 Å². The molecule has 0 bridgehead atoms. The lowest BCUT2D eigenvalue weighted by molar-refractivity contribution is 0.386. The zero-order valence-electron chi connectivity index (χ0n) is 11.0. The fraction of sp³-hybridized carbons (Fsp3) is 0.538. The van der Waals surface area contributed by atoms with Crippen LogP contribution in [0.5, 0.6) is 0 Å². The number of benzene rings is 1. The molecule has 0 saturated carbocycles. The minimum Gasteiger partial charge on any atom is -0.229 e. The van der Waals surface area contributed by atoms with Crippen molar-refractivity contribution >= 4 is 19.9 Å². The Hall–Kier alpha value is -0.920.